The van der Waals surface area contributed by atoms with E-state index in [4.69, 9.17) is 9.47 Å². The fourth-order valence-corrected chi connectivity index (χ4v) is 2.60. The predicted octanol–water partition coefficient (Wildman–Crippen LogP) is 5.70. The Morgan fingerprint density at radius 2 is 1.59 bits per heavy atom. The molecule has 0 bridgehead atoms. The summed E-state index contributed by atoms with van der Waals surface area (Å²) in [4.78, 5) is 12.0. The van der Waals surface area contributed by atoms with Gasteiger partial charge in [0.25, 0.3) is 0 Å². The SMILES string of the molecule is CCCCCCCOc1ccc(NC(=O)C=Cc2ccc(OC)cc2)cc1. The van der Waals surface area contributed by atoms with Gasteiger partial charge in [-0.1, -0.05) is 44.7 Å². The van der Waals surface area contributed by atoms with Gasteiger partial charge in [-0.15, -0.1) is 0 Å². The molecule has 2 aromatic rings. The summed E-state index contributed by atoms with van der Waals surface area (Å²) in [6.45, 7) is 2.95. The van der Waals surface area contributed by atoms with E-state index < -0.39 is 0 Å². The Hall–Kier alpha value is -2.75. The highest BCUT2D eigenvalue weighted by Crippen LogP contribution is 2.17. The average Bonchev–Trinajstić information content (AvgIpc) is 2.70. The summed E-state index contributed by atoms with van der Waals surface area (Å²) >= 11 is 0. The Bertz CT molecular complexity index is 705. The fourth-order valence-electron chi connectivity index (χ4n) is 2.60. The highest BCUT2D eigenvalue weighted by Gasteiger charge is 2.00. The summed E-state index contributed by atoms with van der Waals surface area (Å²) in [5.41, 5.74) is 1.68. The molecule has 0 spiro atoms. The Morgan fingerprint density at radius 1 is 0.926 bits per heavy atom. The molecule has 144 valence electrons. The maximum atomic E-state index is 12.0. The van der Waals surface area contributed by atoms with Crippen molar-refractivity contribution in [2.45, 2.75) is 39.0 Å². The summed E-state index contributed by atoms with van der Waals surface area (Å²) in [6, 6.07) is 15.0. The van der Waals surface area contributed by atoms with Crippen LogP contribution in [0.5, 0.6) is 11.5 Å². The van der Waals surface area contributed by atoms with Crippen molar-refractivity contribution in [2.75, 3.05) is 19.0 Å². The van der Waals surface area contributed by atoms with Crippen LogP contribution in [0.4, 0.5) is 5.69 Å². The lowest BCUT2D eigenvalue weighted by molar-refractivity contribution is -0.111. The van der Waals surface area contributed by atoms with Gasteiger partial charge < -0.3 is 14.8 Å². The molecule has 0 atom stereocenters. The fraction of sp³-hybridized carbons (Fsp3) is 0.348. The molecule has 2 rings (SSSR count). The van der Waals surface area contributed by atoms with Crippen LogP contribution in [0.2, 0.25) is 0 Å². The Kier molecular flexibility index (Phi) is 8.98. The van der Waals surface area contributed by atoms with Crippen LogP contribution in [0.3, 0.4) is 0 Å². The van der Waals surface area contributed by atoms with Crippen LogP contribution in [0.25, 0.3) is 6.08 Å². The first kappa shape index (κ1) is 20.6. The predicted molar refractivity (Wildman–Crippen MR) is 111 cm³/mol. The number of hydrogen-bond donors (Lipinski definition) is 1. The third kappa shape index (κ3) is 7.99. The third-order valence-corrected chi connectivity index (χ3v) is 4.18. The molecule has 0 saturated heterocycles. The second kappa shape index (κ2) is 11.8. The van der Waals surface area contributed by atoms with Crippen molar-refractivity contribution in [3.05, 3.63) is 60.2 Å². The lowest BCUT2D eigenvalue weighted by atomic mass is 10.2. The molecule has 1 N–H and O–H groups in total. The first-order chi connectivity index (χ1) is 13.2. The minimum atomic E-state index is -0.171. The van der Waals surface area contributed by atoms with Gasteiger partial charge in [0.15, 0.2) is 0 Å². The molecule has 0 aliphatic carbocycles. The van der Waals surface area contributed by atoms with E-state index in [1.165, 1.54) is 31.8 Å². The lowest BCUT2D eigenvalue weighted by Crippen LogP contribution is -2.07. The molecule has 27 heavy (non-hydrogen) atoms. The monoisotopic (exact) mass is 367 g/mol. The van der Waals surface area contributed by atoms with Crippen molar-refractivity contribution in [3.8, 4) is 11.5 Å². The molecule has 2 aromatic carbocycles. The molecule has 0 aliphatic rings. The van der Waals surface area contributed by atoms with Gasteiger partial charge in [-0.2, -0.15) is 0 Å². The number of carbonyl (C=O) groups is 1. The molecule has 0 fully saturated rings. The zero-order chi connectivity index (χ0) is 19.3. The number of benzene rings is 2. The van der Waals surface area contributed by atoms with Gasteiger partial charge in [0.1, 0.15) is 11.5 Å². The number of nitrogens with one attached hydrogen (secondary N) is 1. The molecule has 4 heteroatoms. The zero-order valence-corrected chi connectivity index (χ0v) is 16.2. The number of unbranched alkanes of at least 4 members (excludes halogenated alkanes) is 4. The first-order valence-corrected chi connectivity index (χ1v) is 9.57. The van der Waals surface area contributed by atoms with Crippen molar-refractivity contribution in [1.29, 1.82) is 0 Å². The van der Waals surface area contributed by atoms with Crippen molar-refractivity contribution in [3.63, 3.8) is 0 Å². The topological polar surface area (TPSA) is 47.6 Å². The van der Waals surface area contributed by atoms with E-state index in [1.807, 2.05) is 48.5 Å². The van der Waals surface area contributed by atoms with E-state index >= 15 is 0 Å². The molecular formula is C23H29NO3. The maximum absolute atomic E-state index is 12.0. The summed E-state index contributed by atoms with van der Waals surface area (Å²) in [6.07, 6.45) is 9.39. The van der Waals surface area contributed by atoms with Crippen molar-refractivity contribution >= 4 is 17.7 Å². The van der Waals surface area contributed by atoms with E-state index in [0.717, 1.165) is 35.8 Å². The van der Waals surface area contributed by atoms with Crippen molar-refractivity contribution in [2.24, 2.45) is 0 Å². The lowest BCUT2D eigenvalue weighted by Gasteiger charge is -2.07. The third-order valence-electron chi connectivity index (χ3n) is 4.18. The largest absolute Gasteiger partial charge is 0.497 e. The standard InChI is InChI=1S/C23H29NO3/c1-3-4-5-6-7-18-27-22-15-11-20(12-16-22)24-23(25)17-10-19-8-13-21(26-2)14-9-19/h8-17H,3-7,18H2,1-2H3,(H,24,25). The molecular weight excluding hydrogens is 338 g/mol. The smallest absolute Gasteiger partial charge is 0.248 e. The number of anilines is 1. The van der Waals surface area contributed by atoms with Crippen LogP contribution in [0.15, 0.2) is 54.6 Å². The van der Waals surface area contributed by atoms with Gasteiger partial charge in [-0.05, 0) is 54.5 Å². The summed E-state index contributed by atoms with van der Waals surface area (Å²) in [5, 5.41) is 2.85. The van der Waals surface area contributed by atoms with Crippen LogP contribution in [0, 0.1) is 0 Å². The van der Waals surface area contributed by atoms with Gasteiger partial charge in [-0.3, -0.25) is 4.79 Å². The molecule has 0 saturated carbocycles. The van der Waals surface area contributed by atoms with Crippen LogP contribution in [-0.4, -0.2) is 19.6 Å². The van der Waals surface area contributed by atoms with E-state index in [1.54, 1.807) is 13.2 Å². The first-order valence-electron chi connectivity index (χ1n) is 9.57. The molecule has 0 heterocycles. The quantitative estimate of drug-likeness (QED) is 0.409. The van der Waals surface area contributed by atoms with Crippen molar-refractivity contribution < 1.29 is 14.3 Å². The molecule has 0 unspecified atom stereocenters. The normalized spacial score (nSPS) is 10.7. The molecule has 0 aliphatic heterocycles. The minimum absolute atomic E-state index is 0.171. The van der Waals surface area contributed by atoms with E-state index in [-0.39, 0.29) is 5.91 Å². The number of methoxy groups -OCH3 is 1. The summed E-state index contributed by atoms with van der Waals surface area (Å²) in [5.74, 6) is 1.45. The van der Waals surface area contributed by atoms with E-state index in [2.05, 4.69) is 12.2 Å². The molecule has 0 aromatic heterocycles. The summed E-state index contributed by atoms with van der Waals surface area (Å²) < 4.78 is 10.8. The van der Waals surface area contributed by atoms with E-state index in [9.17, 15) is 4.79 Å². The number of rotatable bonds is 11. The van der Waals surface area contributed by atoms with Crippen molar-refractivity contribution in [1.82, 2.24) is 0 Å². The second-order valence-electron chi connectivity index (χ2n) is 6.38. The number of carbonyl (C=O) groups excluding carboxylic acids is 1. The van der Waals surface area contributed by atoms with Crippen LogP contribution in [0.1, 0.15) is 44.6 Å². The minimum Gasteiger partial charge on any atom is -0.497 e. The van der Waals surface area contributed by atoms with Gasteiger partial charge in [0.2, 0.25) is 5.91 Å². The Labute approximate surface area is 162 Å². The number of hydrogen-bond acceptors (Lipinski definition) is 3. The summed E-state index contributed by atoms with van der Waals surface area (Å²) in [7, 11) is 1.63. The van der Waals surface area contributed by atoms with E-state index in [0.29, 0.717) is 0 Å². The van der Waals surface area contributed by atoms with Gasteiger partial charge in [0, 0.05) is 11.8 Å². The van der Waals surface area contributed by atoms with Crippen LogP contribution >= 0.6 is 0 Å². The molecule has 1 amide bonds. The second-order valence-corrected chi connectivity index (χ2v) is 6.38. The van der Waals surface area contributed by atoms with Crippen LogP contribution in [-0.2, 0) is 4.79 Å². The van der Waals surface area contributed by atoms with Gasteiger partial charge in [0.05, 0.1) is 13.7 Å². The Balaban J connectivity index is 1.74. The highest BCUT2D eigenvalue weighted by molar-refractivity contribution is 6.01. The van der Waals surface area contributed by atoms with Crippen LogP contribution < -0.4 is 14.8 Å². The zero-order valence-electron chi connectivity index (χ0n) is 16.2. The Morgan fingerprint density at radius 3 is 2.26 bits per heavy atom. The van der Waals surface area contributed by atoms with Gasteiger partial charge >= 0.3 is 0 Å². The maximum Gasteiger partial charge on any atom is 0.248 e. The molecule has 4 nitrogen and oxygen atoms in total. The number of ether oxygens (including phenoxy) is 2. The molecule has 0 radical (unpaired) electrons. The highest BCUT2D eigenvalue weighted by atomic mass is 16.5. The van der Waals surface area contributed by atoms with Gasteiger partial charge in [-0.25, -0.2) is 0 Å². The number of amides is 1. The average molecular weight is 367 g/mol.